The maximum atomic E-state index is 12.2. The van der Waals surface area contributed by atoms with Crippen LogP contribution in [-0.2, 0) is 4.74 Å². The maximum absolute atomic E-state index is 12.2. The lowest BCUT2D eigenvalue weighted by Gasteiger charge is -2.26. The number of carbonyl (C=O) groups excluding carboxylic acids is 1. The molecular weight excluding hydrogens is 292 g/mol. The summed E-state index contributed by atoms with van der Waals surface area (Å²) in [5.74, 6) is 0.901. The molecule has 128 valence electrons. The van der Waals surface area contributed by atoms with Crippen LogP contribution in [0, 0.1) is 6.92 Å². The van der Waals surface area contributed by atoms with Crippen LogP contribution in [0.25, 0.3) is 0 Å². The largest absolute Gasteiger partial charge is 0.494 e. The fourth-order valence-corrected chi connectivity index (χ4v) is 2.55. The van der Waals surface area contributed by atoms with E-state index < -0.39 is 0 Å². The van der Waals surface area contributed by atoms with Crippen LogP contribution in [0.2, 0.25) is 0 Å². The van der Waals surface area contributed by atoms with E-state index in [4.69, 9.17) is 9.47 Å². The molecule has 1 aliphatic rings. The number of unbranched alkanes of at least 4 members (excludes halogenated alkanes) is 1. The Balaban J connectivity index is 1.57. The number of benzene rings is 1. The highest BCUT2D eigenvalue weighted by Gasteiger charge is 2.21. The minimum absolute atomic E-state index is 0.0162. The van der Waals surface area contributed by atoms with E-state index in [1.807, 2.05) is 29.2 Å². The lowest BCUT2D eigenvalue weighted by atomic mass is 10.2. The third-order valence-corrected chi connectivity index (χ3v) is 4.09. The molecular formula is C18H28N2O3. The van der Waals surface area contributed by atoms with Gasteiger partial charge in [0.25, 0.3) is 0 Å². The Hall–Kier alpha value is -1.75. The Kier molecular flexibility index (Phi) is 7.20. The highest BCUT2D eigenvalue weighted by atomic mass is 16.5. The Bertz CT molecular complexity index is 476. The van der Waals surface area contributed by atoms with Crippen LogP contribution in [0.4, 0.5) is 4.79 Å². The summed E-state index contributed by atoms with van der Waals surface area (Å²) in [6.07, 6.45) is 2.74. The van der Waals surface area contributed by atoms with E-state index in [1.165, 1.54) is 5.56 Å². The molecule has 1 unspecified atom stereocenters. The molecule has 2 amide bonds. The summed E-state index contributed by atoms with van der Waals surface area (Å²) in [6.45, 7) is 7.52. The molecule has 1 atom stereocenters. The van der Waals surface area contributed by atoms with Gasteiger partial charge in [-0.1, -0.05) is 17.7 Å². The number of hydrogen-bond donors (Lipinski definition) is 1. The first kappa shape index (κ1) is 17.6. The summed E-state index contributed by atoms with van der Waals surface area (Å²) < 4.78 is 11.1. The van der Waals surface area contributed by atoms with Crippen molar-refractivity contribution in [3.63, 3.8) is 0 Å². The third kappa shape index (κ3) is 6.10. The molecule has 1 fully saturated rings. The third-order valence-electron chi connectivity index (χ3n) is 4.09. The molecule has 0 spiro atoms. The second-order valence-corrected chi connectivity index (χ2v) is 6.04. The topological polar surface area (TPSA) is 50.8 Å². The summed E-state index contributed by atoms with van der Waals surface area (Å²) in [5, 5.41) is 2.99. The van der Waals surface area contributed by atoms with Crippen molar-refractivity contribution in [1.29, 1.82) is 0 Å². The van der Waals surface area contributed by atoms with Gasteiger partial charge in [0.15, 0.2) is 0 Å². The molecule has 23 heavy (non-hydrogen) atoms. The van der Waals surface area contributed by atoms with Gasteiger partial charge in [-0.3, -0.25) is 0 Å². The van der Waals surface area contributed by atoms with Crippen molar-refractivity contribution >= 4 is 6.03 Å². The van der Waals surface area contributed by atoms with Crippen LogP contribution in [0.15, 0.2) is 24.3 Å². The Morgan fingerprint density at radius 3 is 2.87 bits per heavy atom. The number of nitrogens with zero attached hydrogens (tertiary/aromatic N) is 1. The van der Waals surface area contributed by atoms with E-state index in [2.05, 4.69) is 19.2 Å². The van der Waals surface area contributed by atoms with Gasteiger partial charge in [-0.25, -0.2) is 4.79 Å². The highest BCUT2D eigenvalue weighted by molar-refractivity contribution is 5.74. The van der Waals surface area contributed by atoms with Crippen molar-refractivity contribution in [3.05, 3.63) is 29.8 Å². The van der Waals surface area contributed by atoms with E-state index in [0.717, 1.165) is 31.6 Å². The van der Waals surface area contributed by atoms with Crippen LogP contribution in [0.1, 0.15) is 31.7 Å². The van der Waals surface area contributed by atoms with Crippen LogP contribution >= 0.6 is 0 Å². The second-order valence-electron chi connectivity index (χ2n) is 6.04. The van der Waals surface area contributed by atoms with Gasteiger partial charge in [-0.15, -0.1) is 0 Å². The molecule has 1 N–H and O–H groups in total. The Morgan fingerprint density at radius 1 is 1.30 bits per heavy atom. The van der Waals surface area contributed by atoms with Gasteiger partial charge in [0, 0.05) is 25.7 Å². The molecule has 1 aliphatic heterocycles. The van der Waals surface area contributed by atoms with Gasteiger partial charge in [0.2, 0.25) is 0 Å². The molecule has 0 aliphatic carbocycles. The van der Waals surface area contributed by atoms with Gasteiger partial charge in [-0.05, 0) is 45.2 Å². The van der Waals surface area contributed by atoms with E-state index in [0.29, 0.717) is 26.3 Å². The molecule has 0 bridgehead atoms. The predicted octanol–water partition coefficient (Wildman–Crippen LogP) is 2.97. The monoisotopic (exact) mass is 320 g/mol. The zero-order chi connectivity index (χ0) is 16.5. The van der Waals surface area contributed by atoms with Crippen LogP contribution in [-0.4, -0.2) is 49.9 Å². The van der Waals surface area contributed by atoms with E-state index >= 15 is 0 Å². The van der Waals surface area contributed by atoms with Crippen molar-refractivity contribution in [2.45, 2.75) is 39.2 Å². The number of rotatable bonds is 6. The summed E-state index contributed by atoms with van der Waals surface area (Å²) in [7, 11) is 0. The summed E-state index contributed by atoms with van der Waals surface area (Å²) >= 11 is 0. The van der Waals surface area contributed by atoms with Gasteiger partial charge in [-0.2, -0.15) is 0 Å². The minimum Gasteiger partial charge on any atom is -0.494 e. The lowest BCUT2D eigenvalue weighted by Crippen LogP contribution is -2.45. The molecule has 5 nitrogen and oxygen atoms in total. The molecule has 1 saturated heterocycles. The smallest absolute Gasteiger partial charge is 0.317 e. The van der Waals surface area contributed by atoms with Crippen molar-refractivity contribution in [2.24, 2.45) is 0 Å². The van der Waals surface area contributed by atoms with E-state index in [-0.39, 0.29) is 12.1 Å². The maximum Gasteiger partial charge on any atom is 0.317 e. The predicted molar refractivity (Wildman–Crippen MR) is 90.9 cm³/mol. The Morgan fingerprint density at radius 2 is 2.09 bits per heavy atom. The van der Waals surface area contributed by atoms with Crippen LogP contribution in [0.3, 0.4) is 0 Å². The normalized spacial score (nSPS) is 18.3. The van der Waals surface area contributed by atoms with Crippen molar-refractivity contribution < 1.29 is 14.3 Å². The number of hydrogen-bond acceptors (Lipinski definition) is 3. The van der Waals surface area contributed by atoms with Crippen LogP contribution < -0.4 is 10.1 Å². The standard InChI is InChI=1S/C18H28N2O3/c1-15-5-7-17(8-6-15)23-12-4-3-10-19-18(21)20-11-14-22-13-9-16(20)2/h5-8,16H,3-4,9-14H2,1-2H3,(H,19,21). The van der Waals surface area contributed by atoms with Crippen molar-refractivity contribution in [2.75, 3.05) is 32.9 Å². The molecule has 1 aromatic rings. The first-order valence-electron chi connectivity index (χ1n) is 8.48. The highest BCUT2D eigenvalue weighted by Crippen LogP contribution is 2.12. The summed E-state index contributed by atoms with van der Waals surface area (Å²) in [6, 6.07) is 8.31. The second kappa shape index (κ2) is 9.40. The van der Waals surface area contributed by atoms with Crippen molar-refractivity contribution in [3.8, 4) is 5.75 Å². The Labute approximate surface area is 139 Å². The van der Waals surface area contributed by atoms with Crippen LogP contribution in [0.5, 0.6) is 5.75 Å². The van der Waals surface area contributed by atoms with Gasteiger partial charge in [0.1, 0.15) is 5.75 Å². The first-order valence-corrected chi connectivity index (χ1v) is 8.48. The zero-order valence-corrected chi connectivity index (χ0v) is 14.2. The van der Waals surface area contributed by atoms with Gasteiger partial charge < -0.3 is 19.7 Å². The lowest BCUT2D eigenvalue weighted by molar-refractivity contribution is 0.142. The molecule has 1 heterocycles. The molecule has 2 rings (SSSR count). The molecule has 1 aromatic carbocycles. The number of amides is 2. The van der Waals surface area contributed by atoms with E-state index in [9.17, 15) is 4.79 Å². The number of ether oxygens (including phenoxy) is 2. The molecule has 0 radical (unpaired) electrons. The number of carbonyl (C=O) groups is 1. The average Bonchev–Trinajstić information content (AvgIpc) is 2.77. The first-order chi connectivity index (χ1) is 11.2. The minimum atomic E-state index is 0.0162. The number of urea groups is 1. The average molecular weight is 320 g/mol. The van der Waals surface area contributed by atoms with E-state index in [1.54, 1.807) is 0 Å². The fraction of sp³-hybridized carbons (Fsp3) is 0.611. The number of nitrogens with one attached hydrogen (secondary N) is 1. The summed E-state index contributed by atoms with van der Waals surface area (Å²) in [5.41, 5.74) is 1.23. The summed E-state index contributed by atoms with van der Waals surface area (Å²) in [4.78, 5) is 14.0. The van der Waals surface area contributed by atoms with Crippen molar-refractivity contribution in [1.82, 2.24) is 10.2 Å². The van der Waals surface area contributed by atoms with Gasteiger partial charge >= 0.3 is 6.03 Å². The zero-order valence-electron chi connectivity index (χ0n) is 14.2. The van der Waals surface area contributed by atoms with Gasteiger partial charge in [0.05, 0.1) is 13.2 Å². The molecule has 5 heteroatoms. The quantitative estimate of drug-likeness (QED) is 0.820. The number of aryl methyl sites for hydroxylation is 1. The SMILES string of the molecule is Cc1ccc(OCCCCNC(=O)N2CCOCCC2C)cc1. The molecule has 0 aromatic heterocycles. The fourth-order valence-electron chi connectivity index (χ4n) is 2.55. The molecule has 0 saturated carbocycles.